The van der Waals surface area contributed by atoms with Crippen molar-refractivity contribution >= 4 is 5.91 Å². The van der Waals surface area contributed by atoms with E-state index in [9.17, 15) is 4.79 Å². The molecule has 128 valence electrons. The summed E-state index contributed by atoms with van der Waals surface area (Å²) in [4.78, 5) is 12.0. The van der Waals surface area contributed by atoms with Gasteiger partial charge in [0.25, 0.3) is 0 Å². The van der Waals surface area contributed by atoms with E-state index >= 15 is 0 Å². The summed E-state index contributed by atoms with van der Waals surface area (Å²) in [5.74, 6) is 1.41. The largest absolute Gasteiger partial charge is 0.493 e. The lowest BCUT2D eigenvalue weighted by atomic mass is 10.1. The number of hydrogen-bond acceptors (Lipinski definition) is 5. The molecule has 1 aliphatic rings. The van der Waals surface area contributed by atoms with Crippen molar-refractivity contribution in [2.75, 3.05) is 27.3 Å². The number of amides is 1. The molecule has 0 unspecified atom stereocenters. The van der Waals surface area contributed by atoms with E-state index in [2.05, 4.69) is 5.32 Å². The number of nitrogens with two attached hydrogens (primary N) is 1. The van der Waals surface area contributed by atoms with Gasteiger partial charge in [-0.3, -0.25) is 4.79 Å². The molecule has 0 aliphatic carbocycles. The van der Waals surface area contributed by atoms with E-state index in [4.69, 9.17) is 19.9 Å². The van der Waals surface area contributed by atoms with Gasteiger partial charge in [0.2, 0.25) is 5.91 Å². The monoisotopic (exact) mass is 322 g/mol. The predicted molar refractivity (Wildman–Crippen MR) is 87.8 cm³/mol. The highest BCUT2D eigenvalue weighted by molar-refractivity contribution is 5.80. The molecule has 1 aromatic carbocycles. The Morgan fingerprint density at radius 2 is 2.09 bits per heavy atom. The molecule has 0 aromatic heterocycles. The van der Waals surface area contributed by atoms with E-state index in [0.29, 0.717) is 13.1 Å². The molecule has 6 heteroatoms. The molecule has 6 nitrogen and oxygen atoms in total. The Morgan fingerprint density at radius 1 is 1.30 bits per heavy atom. The van der Waals surface area contributed by atoms with Gasteiger partial charge in [-0.2, -0.15) is 0 Å². The van der Waals surface area contributed by atoms with E-state index in [-0.39, 0.29) is 18.1 Å². The third-order valence-corrected chi connectivity index (χ3v) is 4.05. The molecule has 3 N–H and O–H groups in total. The molecule has 2 rings (SSSR count). The number of ether oxygens (including phenoxy) is 3. The number of carbonyl (C=O) groups excluding carboxylic acids is 1. The number of benzene rings is 1. The van der Waals surface area contributed by atoms with Gasteiger partial charge in [0, 0.05) is 13.1 Å². The summed E-state index contributed by atoms with van der Waals surface area (Å²) in [5.41, 5.74) is 6.70. The van der Waals surface area contributed by atoms with Crippen LogP contribution in [0.5, 0.6) is 11.5 Å². The third kappa shape index (κ3) is 4.84. The molecule has 0 spiro atoms. The van der Waals surface area contributed by atoms with Crippen LogP contribution < -0.4 is 20.5 Å². The first kappa shape index (κ1) is 17.6. The Hall–Kier alpha value is -1.79. The van der Waals surface area contributed by atoms with Crippen molar-refractivity contribution in [3.63, 3.8) is 0 Å². The summed E-state index contributed by atoms with van der Waals surface area (Å²) < 4.78 is 16.1. The zero-order chi connectivity index (χ0) is 16.7. The SMILES string of the molecule is COc1ccc(CCCNC(=O)[C@@H]2CC[C@H](CN)O2)cc1OC. The highest BCUT2D eigenvalue weighted by atomic mass is 16.5. The smallest absolute Gasteiger partial charge is 0.249 e. The topological polar surface area (TPSA) is 82.8 Å². The van der Waals surface area contributed by atoms with Crippen LogP contribution in [-0.4, -0.2) is 45.4 Å². The summed E-state index contributed by atoms with van der Waals surface area (Å²) in [6.45, 7) is 1.10. The van der Waals surface area contributed by atoms with Crippen LogP contribution in [0, 0.1) is 0 Å². The second-order valence-electron chi connectivity index (χ2n) is 5.64. The molecule has 1 saturated heterocycles. The fourth-order valence-electron chi connectivity index (χ4n) is 2.73. The van der Waals surface area contributed by atoms with E-state index in [0.717, 1.165) is 42.7 Å². The quantitative estimate of drug-likeness (QED) is 0.704. The van der Waals surface area contributed by atoms with Crippen molar-refractivity contribution in [2.24, 2.45) is 5.73 Å². The van der Waals surface area contributed by atoms with Crippen LogP contribution in [-0.2, 0) is 16.0 Å². The number of aryl methyl sites for hydroxylation is 1. The molecule has 1 amide bonds. The van der Waals surface area contributed by atoms with Gasteiger partial charge in [0.15, 0.2) is 11.5 Å². The van der Waals surface area contributed by atoms with Crippen LogP contribution in [0.25, 0.3) is 0 Å². The molecule has 1 aromatic rings. The van der Waals surface area contributed by atoms with Crippen molar-refractivity contribution in [1.29, 1.82) is 0 Å². The molecule has 0 saturated carbocycles. The number of hydrogen-bond donors (Lipinski definition) is 2. The maximum atomic E-state index is 12.0. The highest BCUT2D eigenvalue weighted by Gasteiger charge is 2.29. The zero-order valence-corrected chi connectivity index (χ0v) is 13.8. The Morgan fingerprint density at radius 3 is 2.74 bits per heavy atom. The van der Waals surface area contributed by atoms with Gasteiger partial charge in [0.05, 0.1) is 20.3 Å². The molecule has 1 heterocycles. The molecule has 1 fully saturated rings. The summed E-state index contributed by atoms with van der Waals surface area (Å²) in [5, 5.41) is 2.93. The molecule has 23 heavy (non-hydrogen) atoms. The summed E-state index contributed by atoms with van der Waals surface area (Å²) >= 11 is 0. The third-order valence-electron chi connectivity index (χ3n) is 4.05. The minimum absolute atomic E-state index is 0.0255. The first-order chi connectivity index (χ1) is 11.2. The minimum Gasteiger partial charge on any atom is -0.493 e. The molecular weight excluding hydrogens is 296 g/mol. The van der Waals surface area contributed by atoms with E-state index in [1.54, 1.807) is 14.2 Å². The predicted octanol–water partition coefficient (Wildman–Crippen LogP) is 1.26. The normalized spacial score (nSPS) is 20.3. The Kier molecular flexibility index (Phi) is 6.67. The lowest BCUT2D eigenvalue weighted by molar-refractivity contribution is -0.131. The number of rotatable bonds is 8. The number of nitrogens with one attached hydrogen (secondary N) is 1. The minimum atomic E-state index is -0.343. The molecule has 1 aliphatic heterocycles. The summed E-state index contributed by atoms with van der Waals surface area (Å²) in [6.07, 6.45) is 3.01. The average molecular weight is 322 g/mol. The average Bonchev–Trinajstić information content (AvgIpc) is 3.07. The Bertz CT molecular complexity index is 521. The molecular formula is C17H26N2O4. The van der Waals surface area contributed by atoms with Gasteiger partial charge in [0.1, 0.15) is 6.10 Å². The summed E-state index contributed by atoms with van der Waals surface area (Å²) in [7, 11) is 3.24. The standard InChI is InChI=1S/C17H26N2O4/c1-21-14-7-5-12(10-16(14)22-2)4-3-9-19-17(20)15-8-6-13(11-18)23-15/h5,7,10,13,15H,3-4,6,8-9,11,18H2,1-2H3,(H,19,20)/t13-,15+/m1/s1. The van der Waals surface area contributed by atoms with Crippen LogP contribution in [0.2, 0.25) is 0 Å². The second kappa shape index (κ2) is 8.74. The van der Waals surface area contributed by atoms with Crippen molar-refractivity contribution < 1.29 is 19.0 Å². The van der Waals surface area contributed by atoms with E-state index in [1.807, 2.05) is 18.2 Å². The van der Waals surface area contributed by atoms with Crippen LogP contribution in [0.4, 0.5) is 0 Å². The molecule has 2 atom stereocenters. The lowest BCUT2D eigenvalue weighted by Crippen LogP contribution is -2.36. The Balaban J connectivity index is 1.72. The zero-order valence-electron chi connectivity index (χ0n) is 13.8. The maximum Gasteiger partial charge on any atom is 0.249 e. The lowest BCUT2D eigenvalue weighted by Gasteiger charge is -2.13. The Labute approximate surface area is 137 Å². The second-order valence-corrected chi connectivity index (χ2v) is 5.64. The van der Waals surface area contributed by atoms with Crippen molar-refractivity contribution in [1.82, 2.24) is 5.32 Å². The fourth-order valence-corrected chi connectivity index (χ4v) is 2.73. The summed E-state index contributed by atoms with van der Waals surface area (Å²) in [6, 6.07) is 5.87. The van der Waals surface area contributed by atoms with Gasteiger partial charge < -0.3 is 25.3 Å². The van der Waals surface area contributed by atoms with Crippen molar-refractivity contribution in [2.45, 2.75) is 37.9 Å². The number of methoxy groups -OCH3 is 2. The van der Waals surface area contributed by atoms with E-state index < -0.39 is 0 Å². The van der Waals surface area contributed by atoms with Crippen molar-refractivity contribution in [3.8, 4) is 11.5 Å². The highest BCUT2D eigenvalue weighted by Crippen LogP contribution is 2.27. The number of carbonyl (C=O) groups is 1. The van der Waals surface area contributed by atoms with Gasteiger partial charge in [-0.05, 0) is 43.4 Å². The van der Waals surface area contributed by atoms with Gasteiger partial charge >= 0.3 is 0 Å². The molecule has 0 radical (unpaired) electrons. The van der Waals surface area contributed by atoms with Gasteiger partial charge in [-0.15, -0.1) is 0 Å². The first-order valence-electron chi connectivity index (χ1n) is 8.02. The maximum absolute atomic E-state index is 12.0. The fraction of sp³-hybridized carbons (Fsp3) is 0.588. The van der Waals surface area contributed by atoms with E-state index in [1.165, 1.54) is 0 Å². The van der Waals surface area contributed by atoms with Gasteiger partial charge in [-0.25, -0.2) is 0 Å². The van der Waals surface area contributed by atoms with Crippen LogP contribution in [0.1, 0.15) is 24.8 Å². The van der Waals surface area contributed by atoms with Crippen LogP contribution in [0.15, 0.2) is 18.2 Å². The van der Waals surface area contributed by atoms with Gasteiger partial charge in [-0.1, -0.05) is 6.07 Å². The first-order valence-corrected chi connectivity index (χ1v) is 8.02. The van der Waals surface area contributed by atoms with Crippen LogP contribution >= 0.6 is 0 Å². The molecule has 0 bridgehead atoms. The van der Waals surface area contributed by atoms with Crippen molar-refractivity contribution in [3.05, 3.63) is 23.8 Å². The van der Waals surface area contributed by atoms with Crippen LogP contribution in [0.3, 0.4) is 0 Å².